The number of halogens is 1. The summed E-state index contributed by atoms with van der Waals surface area (Å²) in [6.07, 6.45) is 8.02. The molecule has 0 saturated heterocycles. The van der Waals surface area contributed by atoms with Gasteiger partial charge in [-0.05, 0) is 47.5 Å². The average Bonchev–Trinajstić information content (AvgIpc) is 3.16. The normalized spacial score (nSPS) is 19.4. The van der Waals surface area contributed by atoms with Crippen molar-refractivity contribution in [3.05, 3.63) is 16.5 Å². The van der Waals surface area contributed by atoms with E-state index >= 15 is 0 Å². The fourth-order valence-corrected chi connectivity index (χ4v) is 2.46. The van der Waals surface area contributed by atoms with Crippen molar-refractivity contribution in [3.63, 3.8) is 0 Å². The number of aromatic nitrogens is 2. The molecule has 0 spiro atoms. The van der Waals surface area contributed by atoms with Gasteiger partial charge in [-0.1, -0.05) is 12.8 Å². The second-order valence-electron chi connectivity index (χ2n) is 5.22. The van der Waals surface area contributed by atoms with Crippen molar-refractivity contribution in [1.29, 1.82) is 0 Å². The predicted octanol–water partition coefficient (Wildman–Crippen LogP) is 3.72. The summed E-state index contributed by atoms with van der Waals surface area (Å²) in [7, 11) is 0. The van der Waals surface area contributed by atoms with Gasteiger partial charge in [-0.15, -0.1) is 0 Å². The number of hydrogen-bond acceptors (Lipinski definition) is 3. The first-order valence-electron chi connectivity index (χ1n) is 6.59. The summed E-state index contributed by atoms with van der Waals surface area (Å²) in [5, 5.41) is 3.41. The van der Waals surface area contributed by atoms with Crippen LogP contribution in [0.2, 0.25) is 0 Å². The van der Waals surface area contributed by atoms with Crippen molar-refractivity contribution in [3.8, 4) is 0 Å². The lowest BCUT2D eigenvalue weighted by molar-refractivity contribution is 0.686. The Labute approximate surface area is 111 Å². The molecule has 92 valence electrons. The molecule has 17 heavy (non-hydrogen) atoms. The van der Waals surface area contributed by atoms with E-state index in [1.807, 2.05) is 6.07 Å². The van der Waals surface area contributed by atoms with Gasteiger partial charge in [0.1, 0.15) is 16.2 Å². The fourth-order valence-electron chi connectivity index (χ4n) is 2.06. The SMILES string of the molecule is Brc1cc(NCCCC2CC2)nc(C2CC2)n1. The first kappa shape index (κ1) is 11.5. The topological polar surface area (TPSA) is 37.8 Å². The lowest BCUT2D eigenvalue weighted by atomic mass is 10.2. The number of nitrogens with one attached hydrogen (secondary N) is 1. The van der Waals surface area contributed by atoms with Crippen LogP contribution in [0.4, 0.5) is 5.82 Å². The van der Waals surface area contributed by atoms with Crippen LogP contribution in [0.15, 0.2) is 10.7 Å². The Morgan fingerprint density at radius 3 is 2.76 bits per heavy atom. The van der Waals surface area contributed by atoms with Gasteiger partial charge in [0.05, 0.1) is 0 Å². The van der Waals surface area contributed by atoms with E-state index in [1.54, 1.807) is 0 Å². The minimum Gasteiger partial charge on any atom is -0.370 e. The highest BCUT2D eigenvalue weighted by molar-refractivity contribution is 9.10. The second kappa shape index (κ2) is 4.92. The number of nitrogens with zero attached hydrogens (tertiary/aromatic N) is 2. The maximum absolute atomic E-state index is 4.58. The highest BCUT2D eigenvalue weighted by atomic mass is 79.9. The minimum absolute atomic E-state index is 0.611. The molecule has 3 rings (SSSR count). The molecule has 2 fully saturated rings. The maximum atomic E-state index is 4.58. The minimum atomic E-state index is 0.611. The monoisotopic (exact) mass is 295 g/mol. The molecule has 0 atom stereocenters. The second-order valence-corrected chi connectivity index (χ2v) is 6.03. The molecule has 1 aromatic heterocycles. The van der Waals surface area contributed by atoms with Crippen molar-refractivity contribution in [2.75, 3.05) is 11.9 Å². The van der Waals surface area contributed by atoms with Gasteiger partial charge in [-0.3, -0.25) is 0 Å². The lowest BCUT2D eigenvalue weighted by Gasteiger charge is -2.07. The molecule has 0 amide bonds. The van der Waals surface area contributed by atoms with E-state index < -0.39 is 0 Å². The number of hydrogen-bond donors (Lipinski definition) is 1. The Bertz CT molecular complexity index is 400. The predicted molar refractivity (Wildman–Crippen MR) is 72.2 cm³/mol. The van der Waals surface area contributed by atoms with Crippen LogP contribution in [0.3, 0.4) is 0 Å². The van der Waals surface area contributed by atoms with Crippen molar-refractivity contribution in [2.45, 2.75) is 44.4 Å². The summed E-state index contributed by atoms with van der Waals surface area (Å²) in [5.74, 6) is 3.61. The highest BCUT2D eigenvalue weighted by Crippen LogP contribution is 2.38. The summed E-state index contributed by atoms with van der Waals surface area (Å²) in [4.78, 5) is 9.00. The summed E-state index contributed by atoms with van der Waals surface area (Å²) >= 11 is 3.46. The molecule has 0 aliphatic heterocycles. The van der Waals surface area contributed by atoms with Gasteiger partial charge in [-0.2, -0.15) is 0 Å². The molecule has 2 aliphatic rings. The van der Waals surface area contributed by atoms with E-state index in [0.29, 0.717) is 5.92 Å². The zero-order valence-electron chi connectivity index (χ0n) is 9.95. The quantitative estimate of drug-likeness (QED) is 0.642. The van der Waals surface area contributed by atoms with Gasteiger partial charge in [0.15, 0.2) is 0 Å². The standard InChI is InChI=1S/C13H18BrN3/c14-11-8-12(15-7-1-2-9-3-4-9)17-13(16-11)10-5-6-10/h8-10H,1-7H2,(H,15,16,17). The van der Waals surface area contributed by atoms with Gasteiger partial charge < -0.3 is 5.32 Å². The van der Waals surface area contributed by atoms with Crippen molar-refractivity contribution in [2.24, 2.45) is 5.92 Å². The third-order valence-electron chi connectivity index (χ3n) is 3.45. The Kier molecular flexibility index (Phi) is 3.32. The summed E-state index contributed by atoms with van der Waals surface area (Å²) in [6.45, 7) is 1.03. The third kappa shape index (κ3) is 3.41. The van der Waals surface area contributed by atoms with Crippen LogP contribution < -0.4 is 5.32 Å². The van der Waals surface area contributed by atoms with Gasteiger partial charge in [0.25, 0.3) is 0 Å². The summed E-state index contributed by atoms with van der Waals surface area (Å²) in [6, 6.07) is 1.98. The Morgan fingerprint density at radius 2 is 2.06 bits per heavy atom. The first-order chi connectivity index (χ1) is 8.31. The summed E-state index contributed by atoms with van der Waals surface area (Å²) < 4.78 is 0.902. The van der Waals surface area contributed by atoms with Crippen molar-refractivity contribution < 1.29 is 0 Å². The molecule has 3 nitrogen and oxygen atoms in total. The zero-order chi connectivity index (χ0) is 11.7. The fraction of sp³-hybridized carbons (Fsp3) is 0.692. The molecule has 1 N–H and O–H groups in total. The van der Waals surface area contributed by atoms with E-state index in [4.69, 9.17) is 0 Å². The van der Waals surface area contributed by atoms with E-state index in [1.165, 1.54) is 38.5 Å². The smallest absolute Gasteiger partial charge is 0.135 e. The maximum Gasteiger partial charge on any atom is 0.135 e. The molecule has 2 aliphatic carbocycles. The van der Waals surface area contributed by atoms with Gasteiger partial charge in [-0.25, -0.2) is 9.97 Å². The molecule has 4 heteroatoms. The number of rotatable bonds is 6. The van der Waals surface area contributed by atoms with E-state index in [0.717, 1.165) is 28.7 Å². The van der Waals surface area contributed by atoms with Crippen LogP contribution in [0, 0.1) is 5.92 Å². The van der Waals surface area contributed by atoms with E-state index in [-0.39, 0.29) is 0 Å². The molecular formula is C13H18BrN3. The van der Waals surface area contributed by atoms with Gasteiger partial charge in [0, 0.05) is 18.5 Å². The largest absolute Gasteiger partial charge is 0.370 e. The van der Waals surface area contributed by atoms with Crippen LogP contribution in [-0.4, -0.2) is 16.5 Å². The molecule has 0 aromatic carbocycles. The Morgan fingerprint density at radius 1 is 1.24 bits per heavy atom. The van der Waals surface area contributed by atoms with Crippen LogP contribution in [0.25, 0.3) is 0 Å². The molecule has 0 bridgehead atoms. The molecule has 2 saturated carbocycles. The van der Waals surface area contributed by atoms with Gasteiger partial charge in [0.2, 0.25) is 0 Å². The van der Waals surface area contributed by atoms with Crippen LogP contribution in [0.5, 0.6) is 0 Å². The van der Waals surface area contributed by atoms with Crippen LogP contribution in [-0.2, 0) is 0 Å². The lowest BCUT2D eigenvalue weighted by Crippen LogP contribution is -2.06. The van der Waals surface area contributed by atoms with E-state index in [2.05, 4.69) is 31.2 Å². The molecular weight excluding hydrogens is 278 g/mol. The Balaban J connectivity index is 1.53. The van der Waals surface area contributed by atoms with Crippen molar-refractivity contribution in [1.82, 2.24) is 9.97 Å². The van der Waals surface area contributed by atoms with Crippen molar-refractivity contribution >= 4 is 21.7 Å². The zero-order valence-corrected chi connectivity index (χ0v) is 11.5. The van der Waals surface area contributed by atoms with Crippen LogP contribution in [0.1, 0.15) is 50.3 Å². The molecule has 0 radical (unpaired) electrons. The molecule has 1 aromatic rings. The van der Waals surface area contributed by atoms with Gasteiger partial charge >= 0.3 is 0 Å². The van der Waals surface area contributed by atoms with Crippen LogP contribution >= 0.6 is 15.9 Å². The Hall–Kier alpha value is -0.640. The molecule has 1 heterocycles. The third-order valence-corrected chi connectivity index (χ3v) is 3.85. The average molecular weight is 296 g/mol. The molecule has 0 unspecified atom stereocenters. The highest BCUT2D eigenvalue weighted by Gasteiger charge is 2.27. The summed E-state index contributed by atoms with van der Waals surface area (Å²) in [5.41, 5.74) is 0. The van der Waals surface area contributed by atoms with E-state index in [9.17, 15) is 0 Å². The number of anilines is 1. The first-order valence-corrected chi connectivity index (χ1v) is 7.39.